The van der Waals surface area contributed by atoms with Gasteiger partial charge in [-0.25, -0.2) is 0 Å². The summed E-state index contributed by atoms with van der Waals surface area (Å²) in [5.74, 6) is 0.0604. The van der Waals surface area contributed by atoms with Gasteiger partial charge in [-0.1, -0.05) is 23.7 Å². The van der Waals surface area contributed by atoms with E-state index in [1.165, 1.54) is 11.3 Å². The number of carbonyl (C=O) groups excluding carboxylic acids is 1. The van der Waals surface area contributed by atoms with Gasteiger partial charge in [0.1, 0.15) is 4.88 Å². The molecule has 1 aromatic heterocycles. The molecule has 1 aromatic rings. The van der Waals surface area contributed by atoms with Crippen molar-refractivity contribution in [1.82, 2.24) is 4.90 Å². The van der Waals surface area contributed by atoms with Crippen LogP contribution >= 0.6 is 22.9 Å². The molecule has 92 valence electrons. The van der Waals surface area contributed by atoms with Crippen molar-refractivity contribution >= 4 is 34.6 Å². The Morgan fingerprint density at radius 3 is 3.00 bits per heavy atom. The smallest absolute Gasteiger partial charge is 0.265 e. The molecule has 4 nitrogen and oxygen atoms in total. The lowest BCUT2D eigenvalue weighted by Crippen LogP contribution is -2.43. The normalized spacial score (nSPS) is 23.1. The average molecular weight is 273 g/mol. The van der Waals surface area contributed by atoms with Crippen molar-refractivity contribution in [3.63, 3.8) is 0 Å². The highest BCUT2D eigenvalue weighted by molar-refractivity contribution is 7.12. The monoisotopic (exact) mass is 272 g/mol. The lowest BCUT2D eigenvalue weighted by Gasteiger charge is -2.31. The highest BCUT2D eigenvalue weighted by atomic mass is 35.5. The van der Waals surface area contributed by atoms with Gasteiger partial charge in [-0.3, -0.25) is 4.79 Å². The molecule has 1 N–H and O–H groups in total. The Balaban J connectivity index is 2.11. The molecule has 2 rings (SSSR count). The molecule has 6 heteroatoms. The van der Waals surface area contributed by atoms with Crippen molar-refractivity contribution in [2.24, 2.45) is 11.1 Å². The summed E-state index contributed by atoms with van der Waals surface area (Å²) in [5.41, 5.74) is 0.756. The molecule has 0 aliphatic carbocycles. The number of amides is 1. The highest BCUT2D eigenvalue weighted by Crippen LogP contribution is 2.25. The fourth-order valence-electron chi connectivity index (χ4n) is 1.95. The maximum Gasteiger partial charge on any atom is 0.265 e. The molecule has 0 spiro atoms. The summed E-state index contributed by atoms with van der Waals surface area (Å²) in [6, 6.07) is 1.73. The summed E-state index contributed by atoms with van der Waals surface area (Å²) in [6.07, 6.45) is 0.617. The number of rotatable bonds is 1. The number of hydrogen-bond acceptors (Lipinski definition) is 4. The molecule has 1 saturated heterocycles. The van der Waals surface area contributed by atoms with Crippen LogP contribution in [0.1, 0.15) is 23.0 Å². The number of hydrogen-bond donors (Lipinski definition) is 1. The summed E-state index contributed by atoms with van der Waals surface area (Å²) in [5, 5.41) is 14.4. The Bertz CT molecular complexity index is 458. The zero-order valence-corrected chi connectivity index (χ0v) is 11.0. The molecule has 2 heterocycles. The fraction of sp³-hybridized carbons (Fsp3) is 0.455. The number of halogens is 1. The number of piperidine rings is 1. The predicted octanol–water partition coefficient (Wildman–Crippen LogP) is 2.71. The summed E-state index contributed by atoms with van der Waals surface area (Å²) >= 11 is 7.30. The van der Waals surface area contributed by atoms with E-state index in [2.05, 4.69) is 5.16 Å². The van der Waals surface area contributed by atoms with E-state index >= 15 is 0 Å². The largest absolute Gasteiger partial charge is 0.411 e. The minimum atomic E-state index is -0.0335. The van der Waals surface area contributed by atoms with E-state index in [1.54, 1.807) is 11.0 Å². The second kappa shape index (κ2) is 5.06. The van der Waals surface area contributed by atoms with Crippen LogP contribution in [0.25, 0.3) is 0 Å². The van der Waals surface area contributed by atoms with Crippen LogP contribution in [0.2, 0.25) is 5.02 Å². The van der Waals surface area contributed by atoms with Gasteiger partial charge in [0.25, 0.3) is 5.91 Å². The van der Waals surface area contributed by atoms with Gasteiger partial charge in [-0.2, -0.15) is 0 Å². The number of thiophene rings is 1. The predicted molar refractivity (Wildman–Crippen MR) is 68.2 cm³/mol. The van der Waals surface area contributed by atoms with Crippen molar-refractivity contribution in [3.05, 3.63) is 21.3 Å². The number of likely N-dealkylation sites (tertiary alicyclic amines) is 1. The maximum absolute atomic E-state index is 12.2. The van der Waals surface area contributed by atoms with Gasteiger partial charge in [0.05, 0.1) is 10.7 Å². The first kappa shape index (κ1) is 12.4. The van der Waals surface area contributed by atoms with Crippen LogP contribution in [0.5, 0.6) is 0 Å². The van der Waals surface area contributed by atoms with Gasteiger partial charge in [0.15, 0.2) is 0 Å². The van der Waals surface area contributed by atoms with Crippen molar-refractivity contribution in [1.29, 1.82) is 0 Å². The van der Waals surface area contributed by atoms with Crippen LogP contribution in [0.4, 0.5) is 0 Å². The molecule has 1 aliphatic heterocycles. The third-order valence-corrected chi connectivity index (χ3v) is 4.26. The van der Waals surface area contributed by atoms with Crippen molar-refractivity contribution in [2.75, 3.05) is 13.1 Å². The van der Waals surface area contributed by atoms with Gasteiger partial charge in [-0.05, 0) is 11.4 Å². The first-order valence-electron chi connectivity index (χ1n) is 5.36. The van der Waals surface area contributed by atoms with Gasteiger partial charge in [-0.15, -0.1) is 11.3 Å². The van der Waals surface area contributed by atoms with Crippen LogP contribution in [0.3, 0.4) is 0 Å². The Kier molecular flexibility index (Phi) is 3.69. The molecule has 1 unspecified atom stereocenters. The van der Waals surface area contributed by atoms with E-state index in [1.807, 2.05) is 12.3 Å². The fourth-order valence-corrected chi connectivity index (χ4v) is 3.05. The molecule has 1 atom stereocenters. The minimum Gasteiger partial charge on any atom is -0.411 e. The van der Waals surface area contributed by atoms with Gasteiger partial charge in [0, 0.05) is 25.4 Å². The molecule has 0 bridgehead atoms. The average Bonchev–Trinajstić information content (AvgIpc) is 2.74. The Morgan fingerprint density at radius 1 is 1.71 bits per heavy atom. The van der Waals surface area contributed by atoms with E-state index in [9.17, 15) is 4.79 Å². The molecule has 17 heavy (non-hydrogen) atoms. The Labute approximate surface area is 108 Å². The first-order valence-corrected chi connectivity index (χ1v) is 6.62. The van der Waals surface area contributed by atoms with Gasteiger partial charge in [0.2, 0.25) is 0 Å². The van der Waals surface area contributed by atoms with E-state index in [0.717, 1.165) is 5.71 Å². The van der Waals surface area contributed by atoms with Crippen LogP contribution < -0.4 is 0 Å². The molecule has 1 amide bonds. The summed E-state index contributed by atoms with van der Waals surface area (Å²) in [4.78, 5) is 14.5. The van der Waals surface area contributed by atoms with E-state index in [0.29, 0.717) is 29.4 Å². The molecule has 0 radical (unpaired) electrons. The number of nitrogens with zero attached hydrogens (tertiary/aromatic N) is 2. The third kappa shape index (κ3) is 2.45. The van der Waals surface area contributed by atoms with E-state index in [-0.39, 0.29) is 11.8 Å². The van der Waals surface area contributed by atoms with Gasteiger partial charge >= 0.3 is 0 Å². The molecule has 1 aliphatic rings. The summed E-state index contributed by atoms with van der Waals surface area (Å²) in [7, 11) is 0. The van der Waals surface area contributed by atoms with Crippen molar-refractivity contribution in [3.8, 4) is 0 Å². The standard InChI is InChI=1S/C11H13ClN2O2S/c1-7-6-14(4-2-9(7)13-16)11(15)10-8(12)3-5-17-10/h3,5,7,16H,2,4,6H2,1H3/b13-9+. The zero-order chi connectivity index (χ0) is 12.4. The second-order valence-electron chi connectivity index (χ2n) is 4.09. The molecule has 1 fully saturated rings. The maximum atomic E-state index is 12.2. The highest BCUT2D eigenvalue weighted by Gasteiger charge is 2.27. The quantitative estimate of drug-likeness (QED) is 0.631. The lowest BCUT2D eigenvalue weighted by atomic mass is 9.97. The minimum absolute atomic E-state index is 0.0335. The molecular weight excluding hydrogens is 260 g/mol. The van der Waals surface area contributed by atoms with Crippen molar-refractivity contribution < 1.29 is 10.0 Å². The van der Waals surface area contributed by atoms with E-state index < -0.39 is 0 Å². The van der Waals surface area contributed by atoms with Gasteiger partial charge < -0.3 is 10.1 Å². The van der Waals surface area contributed by atoms with Crippen LogP contribution in [-0.2, 0) is 0 Å². The van der Waals surface area contributed by atoms with Crippen LogP contribution in [0.15, 0.2) is 16.6 Å². The summed E-state index contributed by atoms with van der Waals surface area (Å²) < 4.78 is 0. The topological polar surface area (TPSA) is 52.9 Å². The third-order valence-electron chi connectivity index (χ3n) is 2.93. The Hall–Kier alpha value is -1.07. The second-order valence-corrected chi connectivity index (χ2v) is 5.41. The SMILES string of the molecule is CC1CN(C(=O)c2sccc2Cl)CC/C1=N\O. The lowest BCUT2D eigenvalue weighted by molar-refractivity contribution is 0.0739. The van der Waals surface area contributed by atoms with Crippen LogP contribution in [-0.4, -0.2) is 34.8 Å². The zero-order valence-electron chi connectivity index (χ0n) is 9.39. The number of oxime groups is 1. The van der Waals surface area contributed by atoms with E-state index in [4.69, 9.17) is 16.8 Å². The van der Waals surface area contributed by atoms with Crippen molar-refractivity contribution in [2.45, 2.75) is 13.3 Å². The molecular formula is C11H13ClN2O2S. The Morgan fingerprint density at radius 2 is 2.47 bits per heavy atom. The summed E-state index contributed by atoms with van der Waals surface area (Å²) in [6.45, 7) is 3.10. The van der Waals surface area contributed by atoms with Crippen LogP contribution in [0, 0.1) is 5.92 Å². The first-order chi connectivity index (χ1) is 8.13. The number of carbonyl (C=O) groups is 1. The molecule has 0 aromatic carbocycles. The molecule has 0 saturated carbocycles.